The van der Waals surface area contributed by atoms with E-state index in [1.54, 1.807) is 33.1 Å². The highest BCUT2D eigenvalue weighted by atomic mass is 32.2. The zero-order valence-corrected chi connectivity index (χ0v) is 12.1. The van der Waals surface area contributed by atoms with Crippen LogP contribution in [-0.4, -0.2) is 49.8 Å². The lowest BCUT2D eigenvalue weighted by Gasteiger charge is -2.12. The quantitative estimate of drug-likeness (QED) is 0.790. The van der Waals surface area contributed by atoms with Crippen LogP contribution in [0.5, 0.6) is 5.75 Å². The smallest absolute Gasteiger partial charge is 0.166 e. The standard InChI is InChI=1S/C13H18N2O3S/c1-16-7-10(18-3)8-19-13-14-11-5-4-9(17-2)6-12(11)15-13/h4-6,10H,7-8H2,1-3H3,(H,14,15). The normalized spacial score (nSPS) is 12.8. The van der Waals surface area contributed by atoms with Gasteiger partial charge in [-0.05, 0) is 12.1 Å². The molecule has 1 aromatic carbocycles. The summed E-state index contributed by atoms with van der Waals surface area (Å²) in [6, 6.07) is 5.79. The number of fused-ring (bicyclic) bond motifs is 1. The largest absolute Gasteiger partial charge is 0.497 e. The highest BCUT2D eigenvalue weighted by Crippen LogP contribution is 2.23. The van der Waals surface area contributed by atoms with Gasteiger partial charge in [0, 0.05) is 26.0 Å². The fourth-order valence-electron chi connectivity index (χ4n) is 1.70. The van der Waals surface area contributed by atoms with E-state index in [0.717, 1.165) is 27.7 Å². The van der Waals surface area contributed by atoms with Gasteiger partial charge < -0.3 is 19.2 Å². The summed E-state index contributed by atoms with van der Waals surface area (Å²) in [5.41, 5.74) is 1.91. The molecule has 0 bridgehead atoms. The van der Waals surface area contributed by atoms with E-state index in [4.69, 9.17) is 14.2 Å². The fraction of sp³-hybridized carbons (Fsp3) is 0.462. The molecule has 0 fully saturated rings. The van der Waals surface area contributed by atoms with E-state index >= 15 is 0 Å². The molecule has 1 N–H and O–H groups in total. The van der Waals surface area contributed by atoms with Gasteiger partial charge in [0.05, 0.1) is 30.9 Å². The molecule has 5 nitrogen and oxygen atoms in total. The number of aromatic amines is 1. The topological polar surface area (TPSA) is 56.4 Å². The van der Waals surface area contributed by atoms with Gasteiger partial charge in [-0.25, -0.2) is 4.98 Å². The highest BCUT2D eigenvalue weighted by molar-refractivity contribution is 7.99. The molecule has 19 heavy (non-hydrogen) atoms. The average Bonchev–Trinajstić information content (AvgIpc) is 2.84. The zero-order chi connectivity index (χ0) is 13.7. The van der Waals surface area contributed by atoms with Crippen molar-refractivity contribution in [1.82, 2.24) is 9.97 Å². The summed E-state index contributed by atoms with van der Waals surface area (Å²) < 4.78 is 15.6. The Bertz CT molecular complexity index is 530. The van der Waals surface area contributed by atoms with Gasteiger partial charge in [0.15, 0.2) is 5.16 Å². The monoisotopic (exact) mass is 282 g/mol. The fourth-order valence-corrected chi connectivity index (χ4v) is 2.62. The van der Waals surface area contributed by atoms with Crippen molar-refractivity contribution in [3.8, 4) is 5.75 Å². The molecular formula is C13H18N2O3S. The number of nitrogens with one attached hydrogen (secondary N) is 1. The minimum atomic E-state index is 0.0674. The van der Waals surface area contributed by atoms with Gasteiger partial charge in [-0.3, -0.25) is 0 Å². The Hall–Kier alpha value is -1.24. The van der Waals surface area contributed by atoms with E-state index in [0.29, 0.717) is 6.61 Å². The molecule has 0 saturated carbocycles. The molecule has 0 saturated heterocycles. The molecular weight excluding hydrogens is 264 g/mol. The van der Waals surface area contributed by atoms with Crippen molar-refractivity contribution < 1.29 is 14.2 Å². The highest BCUT2D eigenvalue weighted by Gasteiger charge is 2.10. The second-order valence-electron chi connectivity index (χ2n) is 4.05. The molecule has 2 rings (SSSR count). The third kappa shape index (κ3) is 3.62. The van der Waals surface area contributed by atoms with Crippen molar-refractivity contribution in [2.75, 3.05) is 33.7 Å². The number of imidazole rings is 1. The van der Waals surface area contributed by atoms with E-state index < -0.39 is 0 Å². The molecule has 0 aliphatic rings. The van der Waals surface area contributed by atoms with E-state index in [1.165, 1.54) is 0 Å². The summed E-state index contributed by atoms with van der Waals surface area (Å²) in [6.07, 6.45) is 0.0674. The molecule has 2 aromatic rings. The number of H-pyrrole nitrogens is 1. The third-order valence-corrected chi connectivity index (χ3v) is 3.76. The molecule has 0 radical (unpaired) electrons. The summed E-state index contributed by atoms with van der Waals surface area (Å²) in [5.74, 6) is 1.61. The molecule has 6 heteroatoms. The minimum absolute atomic E-state index is 0.0674. The van der Waals surface area contributed by atoms with Crippen LogP contribution in [-0.2, 0) is 9.47 Å². The van der Waals surface area contributed by atoms with Gasteiger partial charge >= 0.3 is 0 Å². The van der Waals surface area contributed by atoms with Gasteiger partial charge in [0.2, 0.25) is 0 Å². The summed E-state index contributed by atoms with van der Waals surface area (Å²) in [7, 11) is 5.01. The molecule has 0 spiro atoms. The van der Waals surface area contributed by atoms with Crippen LogP contribution in [0.3, 0.4) is 0 Å². The summed E-state index contributed by atoms with van der Waals surface area (Å²) in [5, 5.41) is 0.876. The Morgan fingerprint density at radius 3 is 2.84 bits per heavy atom. The lowest BCUT2D eigenvalue weighted by Crippen LogP contribution is -2.19. The van der Waals surface area contributed by atoms with Crippen LogP contribution in [0.4, 0.5) is 0 Å². The van der Waals surface area contributed by atoms with E-state index in [1.807, 2.05) is 18.2 Å². The maximum absolute atomic E-state index is 5.32. The Morgan fingerprint density at radius 1 is 1.32 bits per heavy atom. The Labute approximate surface area is 116 Å². The number of rotatable bonds is 7. The van der Waals surface area contributed by atoms with E-state index in [9.17, 15) is 0 Å². The van der Waals surface area contributed by atoms with E-state index in [2.05, 4.69) is 9.97 Å². The summed E-state index contributed by atoms with van der Waals surface area (Å²) >= 11 is 1.62. The molecule has 1 unspecified atom stereocenters. The van der Waals surface area contributed by atoms with E-state index in [-0.39, 0.29) is 6.10 Å². The first-order chi connectivity index (χ1) is 9.26. The second kappa shape index (κ2) is 6.79. The first-order valence-electron chi connectivity index (χ1n) is 5.95. The lowest BCUT2D eigenvalue weighted by atomic mass is 10.3. The number of hydrogen-bond acceptors (Lipinski definition) is 5. The molecule has 1 atom stereocenters. The van der Waals surface area contributed by atoms with Crippen LogP contribution in [0.25, 0.3) is 11.0 Å². The number of benzene rings is 1. The maximum Gasteiger partial charge on any atom is 0.166 e. The molecule has 104 valence electrons. The third-order valence-electron chi connectivity index (χ3n) is 2.76. The molecule has 1 heterocycles. The molecule has 0 aliphatic heterocycles. The van der Waals surface area contributed by atoms with Gasteiger partial charge in [-0.2, -0.15) is 0 Å². The molecule has 1 aromatic heterocycles. The predicted molar refractivity (Wildman–Crippen MR) is 76.0 cm³/mol. The van der Waals surface area contributed by atoms with Gasteiger partial charge in [-0.1, -0.05) is 11.8 Å². The molecule has 0 amide bonds. The van der Waals surface area contributed by atoms with Crippen molar-refractivity contribution in [2.45, 2.75) is 11.3 Å². The van der Waals surface area contributed by atoms with Gasteiger partial charge in [-0.15, -0.1) is 0 Å². The number of methoxy groups -OCH3 is 3. The van der Waals surface area contributed by atoms with Crippen LogP contribution in [0.1, 0.15) is 0 Å². The Morgan fingerprint density at radius 2 is 2.16 bits per heavy atom. The van der Waals surface area contributed by atoms with Crippen molar-refractivity contribution in [2.24, 2.45) is 0 Å². The number of nitrogens with zero attached hydrogens (tertiary/aromatic N) is 1. The SMILES string of the molecule is COCC(CSc1nc2ccc(OC)cc2[nH]1)OC. The first-order valence-corrected chi connectivity index (χ1v) is 6.93. The first kappa shape index (κ1) is 14.2. The Balaban J connectivity index is 2.04. The predicted octanol–water partition coefficient (Wildman–Crippen LogP) is 2.33. The summed E-state index contributed by atoms with van der Waals surface area (Å²) in [4.78, 5) is 7.78. The van der Waals surface area contributed by atoms with Crippen LogP contribution in [0.2, 0.25) is 0 Å². The zero-order valence-electron chi connectivity index (χ0n) is 11.3. The number of thioether (sulfide) groups is 1. The van der Waals surface area contributed by atoms with Crippen molar-refractivity contribution in [3.05, 3.63) is 18.2 Å². The molecule has 0 aliphatic carbocycles. The van der Waals surface area contributed by atoms with Crippen LogP contribution in [0, 0.1) is 0 Å². The number of aromatic nitrogens is 2. The van der Waals surface area contributed by atoms with Crippen molar-refractivity contribution in [3.63, 3.8) is 0 Å². The van der Waals surface area contributed by atoms with Crippen LogP contribution in [0.15, 0.2) is 23.4 Å². The average molecular weight is 282 g/mol. The lowest BCUT2D eigenvalue weighted by molar-refractivity contribution is 0.0430. The minimum Gasteiger partial charge on any atom is -0.497 e. The van der Waals surface area contributed by atoms with Crippen molar-refractivity contribution >= 4 is 22.8 Å². The van der Waals surface area contributed by atoms with Gasteiger partial charge in [0.25, 0.3) is 0 Å². The van der Waals surface area contributed by atoms with Crippen LogP contribution < -0.4 is 4.74 Å². The van der Waals surface area contributed by atoms with Crippen LogP contribution >= 0.6 is 11.8 Å². The maximum atomic E-state index is 5.32. The summed E-state index contributed by atoms with van der Waals surface area (Å²) in [6.45, 7) is 0.581. The number of hydrogen-bond donors (Lipinski definition) is 1. The van der Waals surface area contributed by atoms with Gasteiger partial charge in [0.1, 0.15) is 5.75 Å². The Kier molecular flexibility index (Phi) is 5.07. The van der Waals surface area contributed by atoms with Crippen molar-refractivity contribution in [1.29, 1.82) is 0 Å². The number of ether oxygens (including phenoxy) is 3. The second-order valence-corrected chi connectivity index (χ2v) is 5.06.